The zero-order chi connectivity index (χ0) is 68.3. The molecule has 0 spiro atoms. The monoisotopic (exact) mass is 1360 g/mol. The van der Waals surface area contributed by atoms with Crippen LogP contribution in [-0.4, -0.2) is 29.1 Å². The lowest BCUT2D eigenvalue weighted by Gasteiger charge is -2.13. The minimum atomic E-state index is 0.713. The molecular weight excluding hydrogens is 1300 g/mol. The number of benzene rings is 16. The molecule has 0 radical (unpaired) electrons. The highest BCUT2D eigenvalue weighted by Crippen LogP contribution is 2.50. The summed E-state index contributed by atoms with van der Waals surface area (Å²) in [6.45, 7) is 0. The molecule has 0 aliphatic heterocycles. The minimum Gasteiger partial charge on any atom is -0.309 e. The van der Waals surface area contributed by atoms with Gasteiger partial charge in [-0.1, -0.05) is 261 Å². The number of aromatic nitrogens is 6. The summed E-state index contributed by atoms with van der Waals surface area (Å²) in [5, 5.41) is 17.6. The lowest BCUT2D eigenvalue weighted by molar-refractivity contribution is 1.18. The number of rotatable bonds is 8. The second kappa shape index (κ2) is 24.3. The van der Waals surface area contributed by atoms with E-state index in [4.69, 9.17) is 19.9 Å². The third-order valence-corrected chi connectivity index (χ3v) is 23.2. The van der Waals surface area contributed by atoms with Crippen molar-refractivity contribution in [3.8, 4) is 78.9 Å². The molecule has 104 heavy (non-hydrogen) atoms. The van der Waals surface area contributed by atoms with E-state index in [2.05, 4.69) is 343 Å². The van der Waals surface area contributed by atoms with Crippen molar-refractivity contribution >= 4 is 150 Å². The van der Waals surface area contributed by atoms with Crippen LogP contribution in [0.1, 0.15) is 0 Å². The van der Waals surface area contributed by atoms with E-state index in [1.165, 1.54) is 122 Å². The number of nitrogens with zero attached hydrogens (tertiary/aromatic N) is 6. The molecule has 22 rings (SSSR count). The molecule has 0 N–H and O–H groups in total. The molecule has 0 amide bonds. The molecule has 0 aliphatic rings. The normalized spacial score (nSPS) is 11.8. The molecule has 0 bridgehead atoms. The SMILES string of the molecule is c1ccc(-c2ccc(-c3nc(-c4ccc(-n5c6ccccc6c6c7ccccc7c7sc8ccccc8c7c65)cc4)nc4ccccc34)cc2)cc1.c1ccc(-c2cccc(-c3nc(-c4ccc(-n5c6ccccc6c6c7ccccc7c7sc8ccccc8c7c65)cc4)nc4ccccc34)c2)cc1. The van der Waals surface area contributed by atoms with Crippen molar-refractivity contribution in [2.24, 2.45) is 0 Å². The van der Waals surface area contributed by atoms with E-state index in [1.807, 2.05) is 40.9 Å². The first-order valence-electron chi connectivity index (χ1n) is 35.2. The van der Waals surface area contributed by atoms with Gasteiger partial charge in [0.15, 0.2) is 11.6 Å². The lowest BCUT2D eigenvalue weighted by atomic mass is 9.99. The molecule has 0 saturated carbocycles. The van der Waals surface area contributed by atoms with Crippen molar-refractivity contribution < 1.29 is 0 Å². The maximum Gasteiger partial charge on any atom is 0.160 e. The summed E-state index contributed by atoms with van der Waals surface area (Å²) in [5.41, 5.74) is 19.7. The Labute approximate surface area is 605 Å². The van der Waals surface area contributed by atoms with Crippen molar-refractivity contribution in [1.82, 2.24) is 29.1 Å². The van der Waals surface area contributed by atoms with Crippen molar-refractivity contribution in [2.45, 2.75) is 0 Å². The Balaban J connectivity index is 0.000000134. The summed E-state index contributed by atoms with van der Waals surface area (Å²) < 4.78 is 10.2. The molecule has 6 nitrogen and oxygen atoms in total. The fraction of sp³-hybridized carbons (Fsp3) is 0. The summed E-state index contributed by atoms with van der Waals surface area (Å²) in [7, 11) is 0. The van der Waals surface area contributed by atoms with Crippen molar-refractivity contribution in [3.05, 3.63) is 352 Å². The molecule has 0 unspecified atom stereocenters. The summed E-state index contributed by atoms with van der Waals surface area (Å²) >= 11 is 3.78. The van der Waals surface area contributed by atoms with E-state index in [0.29, 0.717) is 11.6 Å². The van der Waals surface area contributed by atoms with Gasteiger partial charge in [-0.15, -0.1) is 22.7 Å². The molecule has 0 atom stereocenters. The van der Waals surface area contributed by atoms with Crippen LogP contribution in [0.25, 0.3) is 206 Å². The van der Waals surface area contributed by atoms with Crippen LogP contribution < -0.4 is 0 Å². The van der Waals surface area contributed by atoms with Gasteiger partial charge in [0.25, 0.3) is 0 Å². The number of hydrogen-bond acceptors (Lipinski definition) is 6. The van der Waals surface area contributed by atoms with Gasteiger partial charge < -0.3 is 9.13 Å². The van der Waals surface area contributed by atoms with Gasteiger partial charge in [-0.05, 0) is 124 Å². The molecule has 16 aromatic carbocycles. The van der Waals surface area contributed by atoms with Gasteiger partial charge in [0.05, 0.1) is 44.5 Å². The van der Waals surface area contributed by atoms with Crippen LogP contribution in [0, 0.1) is 0 Å². The predicted molar refractivity (Wildman–Crippen MR) is 441 cm³/mol. The third kappa shape index (κ3) is 9.61. The van der Waals surface area contributed by atoms with Gasteiger partial charge in [0.1, 0.15) is 0 Å². The van der Waals surface area contributed by atoms with Crippen LogP contribution >= 0.6 is 22.7 Å². The van der Waals surface area contributed by atoms with E-state index < -0.39 is 0 Å². The van der Waals surface area contributed by atoms with E-state index >= 15 is 0 Å². The molecule has 0 saturated heterocycles. The second-order valence-corrected chi connectivity index (χ2v) is 28.8. The Morgan fingerprint density at radius 3 is 1.03 bits per heavy atom. The first-order chi connectivity index (χ1) is 51.6. The predicted octanol–water partition coefficient (Wildman–Crippen LogP) is 26.5. The molecule has 6 heterocycles. The van der Waals surface area contributed by atoms with Crippen LogP contribution in [0.3, 0.4) is 0 Å². The summed E-state index contributed by atoms with van der Waals surface area (Å²) in [5.74, 6) is 1.43. The van der Waals surface area contributed by atoms with Crippen LogP contribution in [0.4, 0.5) is 0 Å². The highest BCUT2D eigenvalue weighted by atomic mass is 32.1. The summed E-state index contributed by atoms with van der Waals surface area (Å²) in [6.07, 6.45) is 0. The van der Waals surface area contributed by atoms with E-state index in [0.717, 1.165) is 72.4 Å². The van der Waals surface area contributed by atoms with Crippen LogP contribution in [0.15, 0.2) is 352 Å². The minimum absolute atomic E-state index is 0.713. The fourth-order valence-corrected chi connectivity index (χ4v) is 18.6. The van der Waals surface area contributed by atoms with Gasteiger partial charge in [-0.2, -0.15) is 0 Å². The van der Waals surface area contributed by atoms with Gasteiger partial charge in [0.2, 0.25) is 0 Å². The quantitative estimate of drug-likeness (QED) is 0.152. The highest BCUT2D eigenvalue weighted by Gasteiger charge is 2.25. The largest absolute Gasteiger partial charge is 0.309 e. The molecule has 484 valence electrons. The fourth-order valence-electron chi connectivity index (χ4n) is 16.1. The number of para-hydroxylation sites is 4. The van der Waals surface area contributed by atoms with Crippen molar-refractivity contribution in [2.75, 3.05) is 0 Å². The zero-order valence-electron chi connectivity index (χ0n) is 56.0. The van der Waals surface area contributed by atoms with E-state index in [-0.39, 0.29) is 0 Å². The third-order valence-electron chi connectivity index (χ3n) is 20.8. The summed E-state index contributed by atoms with van der Waals surface area (Å²) in [6, 6.07) is 126. The van der Waals surface area contributed by atoms with Crippen LogP contribution in [0.5, 0.6) is 0 Å². The lowest BCUT2D eigenvalue weighted by Crippen LogP contribution is -1.97. The zero-order valence-corrected chi connectivity index (χ0v) is 57.6. The van der Waals surface area contributed by atoms with Crippen molar-refractivity contribution in [3.63, 3.8) is 0 Å². The second-order valence-electron chi connectivity index (χ2n) is 26.7. The first-order valence-corrected chi connectivity index (χ1v) is 36.8. The maximum absolute atomic E-state index is 5.25. The Morgan fingerprint density at radius 2 is 0.548 bits per heavy atom. The maximum atomic E-state index is 5.25. The molecule has 8 heteroatoms. The highest BCUT2D eigenvalue weighted by molar-refractivity contribution is 7.27. The average molecular weight is 1360 g/mol. The van der Waals surface area contributed by atoms with E-state index in [1.54, 1.807) is 0 Å². The van der Waals surface area contributed by atoms with Crippen molar-refractivity contribution in [1.29, 1.82) is 0 Å². The number of hydrogen-bond donors (Lipinski definition) is 0. The molecular formula is C96H58N6S2. The topological polar surface area (TPSA) is 61.4 Å². The van der Waals surface area contributed by atoms with Gasteiger partial charge in [-0.25, -0.2) is 19.9 Å². The molecule has 22 aromatic rings. The average Bonchev–Trinajstić information content (AvgIpc) is 1.54. The Hall–Kier alpha value is -13.2. The standard InChI is InChI=1S/2C48H29N3S/c1-2-13-30(14-3-1)32-15-12-16-33(29-32)45-37-19-6-9-22-40(37)49-48(50-45)31-25-27-34(28-26-31)51-41-23-10-7-20-38(41)43-35-17-4-5-18-36(35)47-44(46(43)51)39-21-8-11-24-42(39)52-47;1-2-12-30(13-3-1)31-22-24-32(25-23-31)45-37-16-6-9-19-40(37)49-48(50-45)33-26-28-34(29-27-33)51-41-20-10-7-17-38(41)43-35-14-4-5-15-36(35)47-44(46(43)51)39-18-8-11-21-42(39)52-47/h2*1-29H. The van der Waals surface area contributed by atoms with Crippen LogP contribution in [-0.2, 0) is 0 Å². The Bertz CT molecular complexity index is 7200. The molecule has 0 aliphatic carbocycles. The first kappa shape index (κ1) is 59.6. The van der Waals surface area contributed by atoms with Gasteiger partial charge >= 0.3 is 0 Å². The van der Waals surface area contributed by atoms with Crippen LogP contribution in [0.2, 0.25) is 0 Å². The van der Waals surface area contributed by atoms with Gasteiger partial charge in [0, 0.05) is 117 Å². The summed E-state index contributed by atoms with van der Waals surface area (Å²) in [4.78, 5) is 20.6. The molecule has 6 aromatic heterocycles. The molecule has 0 fully saturated rings. The smallest absolute Gasteiger partial charge is 0.160 e. The number of thiophene rings is 2. The Kier molecular flexibility index (Phi) is 13.9. The van der Waals surface area contributed by atoms with E-state index in [9.17, 15) is 0 Å². The Morgan fingerprint density at radius 1 is 0.212 bits per heavy atom. The van der Waals surface area contributed by atoms with Gasteiger partial charge in [-0.3, -0.25) is 0 Å². The number of fused-ring (bicyclic) bond motifs is 22.